The van der Waals surface area contributed by atoms with Crippen LogP contribution in [-0.4, -0.2) is 18.4 Å². The molecular weight excluding hydrogens is 256 g/mol. The van der Waals surface area contributed by atoms with Crippen molar-refractivity contribution in [1.29, 1.82) is 0 Å². The first-order valence-electron chi connectivity index (χ1n) is 6.25. The van der Waals surface area contributed by atoms with Gasteiger partial charge in [0.2, 0.25) is 5.91 Å². The average molecular weight is 272 g/mol. The van der Waals surface area contributed by atoms with Crippen LogP contribution in [0.5, 0.6) is 0 Å². The Kier molecular flexibility index (Phi) is 4.20. The van der Waals surface area contributed by atoms with Crippen LogP contribution in [0.4, 0.5) is 5.69 Å². The summed E-state index contributed by atoms with van der Waals surface area (Å²) < 4.78 is 4.94. The molecule has 2 rings (SSSR count). The number of hydrogen-bond donors (Lipinski definition) is 2. The van der Waals surface area contributed by atoms with Crippen LogP contribution in [0.15, 0.2) is 41.0 Å². The molecule has 0 saturated heterocycles. The SMILES string of the molecule is Cc1ccc(C)c(NC(=O)CNC(=O)c2ccco2)c1. The van der Waals surface area contributed by atoms with Crippen molar-refractivity contribution in [2.24, 2.45) is 0 Å². The van der Waals surface area contributed by atoms with E-state index >= 15 is 0 Å². The molecular formula is C15H16N2O3. The van der Waals surface area contributed by atoms with Crippen molar-refractivity contribution in [3.05, 3.63) is 53.5 Å². The van der Waals surface area contributed by atoms with E-state index in [2.05, 4.69) is 10.6 Å². The number of furan rings is 1. The van der Waals surface area contributed by atoms with Crippen LogP contribution in [0.1, 0.15) is 21.7 Å². The van der Waals surface area contributed by atoms with Gasteiger partial charge in [0.1, 0.15) is 0 Å². The average Bonchev–Trinajstić information content (AvgIpc) is 2.94. The van der Waals surface area contributed by atoms with Gasteiger partial charge in [-0.3, -0.25) is 9.59 Å². The molecule has 2 N–H and O–H groups in total. The van der Waals surface area contributed by atoms with Crippen LogP contribution in [0.25, 0.3) is 0 Å². The highest BCUT2D eigenvalue weighted by Crippen LogP contribution is 2.15. The van der Waals surface area contributed by atoms with Gasteiger partial charge in [-0.05, 0) is 43.2 Å². The summed E-state index contributed by atoms with van der Waals surface area (Å²) in [5.41, 5.74) is 2.79. The maximum absolute atomic E-state index is 11.8. The minimum atomic E-state index is -0.411. The van der Waals surface area contributed by atoms with E-state index in [1.54, 1.807) is 6.07 Å². The minimum Gasteiger partial charge on any atom is -0.459 e. The van der Waals surface area contributed by atoms with Crippen LogP contribution in [0.3, 0.4) is 0 Å². The molecule has 2 aromatic rings. The summed E-state index contributed by atoms with van der Waals surface area (Å²) in [7, 11) is 0. The Bertz CT molecular complexity index is 618. The summed E-state index contributed by atoms with van der Waals surface area (Å²) in [5, 5.41) is 5.26. The van der Waals surface area contributed by atoms with Crippen molar-refractivity contribution in [3.8, 4) is 0 Å². The second kappa shape index (κ2) is 6.06. The van der Waals surface area contributed by atoms with Gasteiger partial charge >= 0.3 is 0 Å². The second-order valence-electron chi connectivity index (χ2n) is 4.53. The zero-order valence-electron chi connectivity index (χ0n) is 11.4. The topological polar surface area (TPSA) is 71.3 Å². The first-order chi connectivity index (χ1) is 9.56. The van der Waals surface area contributed by atoms with E-state index in [1.165, 1.54) is 12.3 Å². The molecule has 0 radical (unpaired) electrons. The van der Waals surface area contributed by atoms with Crippen molar-refractivity contribution < 1.29 is 14.0 Å². The van der Waals surface area contributed by atoms with E-state index in [4.69, 9.17) is 4.42 Å². The molecule has 0 fully saturated rings. The summed E-state index contributed by atoms with van der Waals surface area (Å²) in [6.07, 6.45) is 1.41. The highest BCUT2D eigenvalue weighted by molar-refractivity contribution is 5.98. The molecule has 2 amide bonds. The molecule has 104 valence electrons. The highest BCUT2D eigenvalue weighted by Gasteiger charge is 2.10. The van der Waals surface area contributed by atoms with Gasteiger partial charge in [-0.15, -0.1) is 0 Å². The first kappa shape index (κ1) is 13.9. The predicted octanol–water partition coefficient (Wildman–Crippen LogP) is 2.26. The van der Waals surface area contributed by atoms with Gasteiger partial charge in [-0.2, -0.15) is 0 Å². The van der Waals surface area contributed by atoms with Gasteiger partial charge in [-0.25, -0.2) is 0 Å². The highest BCUT2D eigenvalue weighted by atomic mass is 16.3. The van der Waals surface area contributed by atoms with Gasteiger partial charge in [0.05, 0.1) is 12.8 Å². The Morgan fingerprint density at radius 1 is 1.20 bits per heavy atom. The van der Waals surface area contributed by atoms with E-state index < -0.39 is 5.91 Å². The lowest BCUT2D eigenvalue weighted by Gasteiger charge is -2.09. The van der Waals surface area contributed by atoms with Gasteiger partial charge < -0.3 is 15.1 Å². The van der Waals surface area contributed by atoms with E-state index in [1.807, 2.05) is 32.0 Å². The Balaban J connectivity index is 1.90. The number of benzene rings is 1. The third-order valence-corrected chi connectivity index (χ3v) is 2.82. The summed E-state index contributed by atoms with van der Waals surface area (Å²) in [6, 6.07) is 8.96. The van der Waals surface area contributed by atoms with Gasteiger partial charge in [0, 0.05) is 5.69 Å². The quantitative estimate of drug-likeness (QED) is 0.896. The van der Waals surface area contributed by atoms with Crippen LogP contribution in [0, 0.1) is 13.8 Å². The fraction of sp³-hybridized carbons (Fsp3) is 0.200. The van der Waals surface area contributed by atoms with Crippen molar-refractivity contribution >= 4 is 17.5 Å². The molecule has 0 atom stereocenters. The molecule has 0 unspecified atom stereocenters. The molecule has 0 aliphatic rings. The fourth-order valence-corrected chi connectivity index (χ4v) is 1.72. The Hall–Kier alpha value is -2.56. The number of nitrogens with one attached hydrogen (secondary N) is 2. The largest absolute Gasteiger partial charge is 0.459 e. The van der Waals surface area contributed by atoms with Crippen molar-refractivity contribution in [2.45, 2.75) is 13.8 Å². The number of carbonyl (C=O) groups excluding carboxylic acids is 2. The second-order valence-corrected chi connectivity index (χ2v) is 4.53. The lowest BCUT2D eigenvalue weighted by atomic mass is 10.1. The smallest absolute Gasteiger partial charge is 0.287 e. The molecule has 0 aliphatic heterocycles. The van der Waals surface area contributed by atoms with E-state index in [-0.39, 0.29) is 18.2 Å². The minimum absolute atomic E-state index is 0.104. The number of anilines is 1. The lowest BCUT2D eigenvalue weighted by Crippen LogP contribution is -2.32. The van der Waals surface area contributed by atoms with E-state index in [0.29, 0.717) is 0 Å². The van der Waals surface area contributed by atoms with Gasteiger partial charge in [0.25, 0.3) is 5.91 Å². The number of hydrogen-bond acceptors (Lipinski definition) is 3. The van der Waals surface area contributed by atoms with E-state index in [9.17, 15) is 9.59 Å². The number of carbonyl (C=O) groups is 2. The Labute approximate surface area is 117 Å². The molecule has 5 heteroatoms. The fourth-order valence-electron chi connectivity index (χ4n) is 1.72. The van der Waals surface area contributed by atoms with Crippen molar-refractivity contribution in [1.82, 2.24) is 5.32 Å². The summed E-state index contributed by atoms with van der Waals surface area (Å²) in [4.78, 5) is 23.4. The first-order valence-corrected chi connectivity index (χ1v) is 6.25. The Morgan fingerprint density at radius 2 is 2.00 bits per heavy atom. The maximum Gasteiger partial charge on any atom is 0.287 e. The summed E-state index contributed by atoms with van der Waals surface area (Å²) >= 11 is 0. The third-order valence-electron chi connectivity index (χ3n) is 2.82. The van der Waals surface area contributed by atoms with Crippen LogP contribution >= 0.6 is 0 Å². The van der Waals surface area contributed by atoms with Crippen LogP contribution in [0.2, 0.25) is 0 Å². The summed E-state index contributed by atoms with van der Waals surface area (Å²) in [5.74, 6) is -0.505. The zero-order valence-corrected chi connectivity index (χ0v) is 11.4. The summed E-state index contributed by atoms with van der Waals surface area (Å²) in [6.45, 7) is 3.76. The van der Waals surface area contributed by atoms with Gasteiger partial charge in [0.15, 0.2) is 5.76 Å². The third kappa shape index (κ3) is 3.47. The number of amides is 2. The molecule has 1 aromatic heterocycles. The predicted molar refractivity (Wildman–Crippen MR) is 75.6 cm³/mol. The molecule has 5 nitrogen and oxygen atoms in total. The van der Waals surface area contributed by atoms with Gasteiger partial charge in [-0.1, -0.05) is 12.1 Å². The molecule has 0 aliphatic carbocycles. The molecule has 1 aromatic carbocycles. The monoisotopic (exact) mass is 272 g/mol. The normalized spacial score (nSPS) is 10.1. The molecule has 0 bridgehead atoms. The molecule has 20 heavy (non-hydrogen) atoms. The number of rotatable bonds is 4. The number of aryl methyl sites for hydroxylation is 2. The van der Waals surface area contributed by atoms with E-state index in [0.717, 1.165) is 16.8 Å². The van der Waals surface area contributed by atoms with Crippen LogP contribution in [-0.2, 0) is 4.79 Å². The molecule has 0 spiro atoms. The van der Waals surface area contributed by atoms with Crippen LogP contribution < -0.4 is 10.6 Å². The Morgan fingerprint density at radius 3 is 2.70 bits per heavy atom. The zero-order chi connectivity index (χ0) is 14.5. The van der Waals surface area contributed by atoms with Crippen molar-refractivity contribution in [2.75, 3.05) is 11.9 Å². The van der Waals surface area contributed by atoms with Crippen molar-refractivity contribution in [3.63, 3.8) is 0 Å². The lowest BCUT2D eigenvalue weighted by molar-refractivity contribution is -0.115. The molecule has 1 heterocycles. The molecule has 0 saturated carbocycles. The maximum atomic E-state index is 11.8. The standard InChI is InChI=1S/C15H16N2O3/c1-10-5-6-11(2)12(8-10)17-14(18)9-16-15(19)13-4-3-7-20-13/h3-8H,9H2,1-2H3,(H,16,19)(H,17,18).